The summed E-state index contributed by atoms with van der Waals surface area (Å²) in [5.74, 6) is -2.91. The molecule has 3 aliphatic rings. The van der Waals surface area contributed by atoms with Crippen LogP contribution in [0.5, 0.6) is 0 Å². The highest BCUT2D eigenvalue weighted by Gasteiger charge is 2.47. The lowest BCUT2D eigenvalue weighted by Crippen LogP contribution is -2.61. The number of nitrogens with zero attached hydrogens (tertiary/aromatic N) is 2. The summed E-state index contributed by atoms with van der Waals surface area (Å²) in [6, 6.07) is 5.03. The summed E-state index contributed by atoms with van der Waals surface area (Å²) in [5.41, 5.74) is 1.82. The molecule has 2 fully saturated rings. The zero-order valence-corrected chi connectivity index (χ0v) is 29.5. The monoisotopic (exact) mass is 679 g/mol. The van der Waals surface area contributed by atoms with Gasteiger partial charge in [0.25, 0.3) is 5.91 Å². The smallest absolute Gasteiger partial charge is 0.317 e. The van der Waals surface area contributed by atoms with Gasteiger partial charge in [0.05, 0.1) is 12.6 Å². The molecular weight excluding hydrogens is 626 g/mol. The minimum Gasteiger partial charge on any atom is -0.347 e. The van der Waals surface area contributed by atoms with Crippen LogP contribution in [-0.2, 0) is 32.0 Å². The van der Waals surface area contributed by atoms with E-state index in [-0.39, 0.29) is 36.2 Å². The highest BCUT2D eigenvalue weighted by atomic mass is 16.2. The van der Waals surface area contributed by atoms with Crippen molar-refractivity contribution in [3.63, 3.8) is 0 Å². The zero-order valence-electron chi connectivity index (χ0n) is 29.5. The average molecular weight is 680 g/mol. The summed E-state index contributed by atoms with van der Waals surface area (Å²) in [6.07, 6.45) is 3.99. The number of fused-ring (bicyclic) bond motifs is 1. The van der Waals surface area contributed by atoms with E-state index in [1.54, 1.807) is 4.90 Å². The number of urea groups is 2. The van der Waals surface area contributed by atoms with E-state index in [0.717, 1.165) is 17.5 Å². The first kappa shape index (κ1) is 37.4. The standard InChI is InChI=1S/C36H53N7O6/c1-7-14-37-31(45)27(44)20-39-32(46)30-26(22(2)3)13-17-43(30)33(47)29(25-18-23-11-8-9-12-24(23)19-25)41-34(48)40-28(36(4,5)6)21-42-16-10-15-38-35(42)49/h7-9,11-12,22,25-26,28-30H,1,10,13-21H2,2-6H3,(H,37,45)(H,38,49)(H,39,46)(H2,40,41,48)/t26-,28-,29+,30+/m1/s1. The van der Waals surface area contributed by atoms with Gasteiger partial charge in [-0.2, -0.15) is 0 Å². The van der Waals surface area contributed by atoms with Gasteiger partial charge in [0, 0.05) is 32.7 Å². The van der Waals surface area contributed by atoms with Crippen LogP contribution in [0.15, 0.2) is 36.9 Å². The highest BCUT2D eigenvalue weighted by molar-refractivity contribution is 6.37. The third-order valence-electron chi connectivity index (χ3n) is 9.96. The largest absolute Gasteiger partial charge is 0.347 e. The third-order valence-corrected chi connectivity index (χ3v) is 9.96. The first-order chi connectivity index (χ1) is 23.2. The van der Waals surface area contributed by atoms with Crippen molar-refractivity contribution < 1.29 is 28.8 Å². The predicted molar refractivity (Wildman–Crippen MR) is 185 cm³/mol. The minimum atomic E-state index is -0.946. The molecule has 13 heteroatoms. The number of nitrogens with one attached hydrogen (secondary N) is 5. The molecule has 0 unspecified atom stereocenters. The van der Waals surface area contributed by atoms with Crippen molar-refractivity contribution in [2.75, 3.05) is 39.3 Å². The highest BCUT2D eigenvalue weighted by Crippen LogP contribution is 2.34. The van der Waals surface area contributed by atoms with Crippen molar-refractivity contribution in [1.82, 2.24) is 36.4 Å². The predicted octanol–water partition coefficient (Wildman–Crippen LogP) is 1.76. The van der Waals surface area contributed by atoms with Crippen molar-refractivity contribution in [3.05, 3.63) is 48.0 Å². The van der Waals surface area contributed by atoms with E-state index in [2.05, 4.69) is 33.2 Å². The maximum absolute atomic E-state index is 14.6. The Labute approximate surface area is 289 Å². The Balaban J connectivity index is 1.55. The summed E-state index contributed by atoms with van der Waals surface area (Å²) in [6.45, 7) is 14.9. The van der Waals surface area contributed by atoms with E-state index in [1.165, 1.54) is 11.0 Å². The Bertz CT molecular complexity index is 1400. The fourth-order valence-electron chi connectivity index (χ4n) is 7.05. The number of amides is 7. The molecule has 0 bridgehead atoms. The zero-order chi connectivity index (χ0) is 35.9. The second-order valence-corrected chi connectivity index (χ2v) is 14.8. The lowest BCUT2D eigenvalue weighted by Gasteiger charge is -2.38. The first-order valence-corrected chi connectivity index (χ1v) is 17.4. The molecule has 7 amide bonds. The van der Waals surface area contributed by atoms with Crippen LogP contribution in [0.25, 0.3) is 0 Å². The third kappa shape index (κ3) is 9.39. The molecule has 0 spiro atoms. The molecule has 0 saturated carbocycles. The van der Waals surface area contributed by atoms with Crippen molar-refractivity contribution in [2.24, 2.45) is 23.2 Å². The van der Waals surface area contributed by atoms with E-state index in [1.807, 2.05) is 58.9 Å². The Kier molecular flexibility index (Phi) is 12.5. The number of Topliss-reactive ketones (excluding diaryl/α,β-unsaturated/α-hetero) is 1. The SMILES string of the molecule is C=CCNC(=O)C(=O)CNC(=O)[C@@H]1[C@@H](C(C)C)CCN1C(=O)[C@@H](NC(=O)N[C@H](CN1CCCNC1=O)C(C)(C)C)C1Cc2ccccc2C1. The molecule has 49 heavy (non-hydrogen) atoms. The number of likely N-dealkylation sites (tertiary alicyclic amines) is 1. The molecule has 2 saturated heterocycles. The lowest BCUT2D eigenvalue weighted by atomic mass is 9.86. The molecule has 1 aliphatic carbocycles. The lowest BCUT2D eigenvalue weighted by molar-refractivity contribution is -0.143. The average Bonchev–Trinajstić information content (AvgIpc) is 3.70. The van der Waals surface area contributed by atoms with E-state index >= 15 is 0 Å². The molecule has 4 atom stereocenters. The Morgan fingerprint density at radius 3 is 2.29 bits per heavy atom. The second-order valence-electron chi connectivity index (χ2n) is 14.8. The van der Waals surface area contributed by atoms with Crippen molar-refractivity contribution in [3.8, 4) is 0 Å². The van der Waals surface area contributed by atoms with Crippen LogP contribution in [0.1, 0.15) is 58.6 Å². The van der Waals surface area contributed by atoms with Gasteiger partial charge in [-0.3, -0.25) is 19.2 Å². The summed E-state index contributed by atoms with van der Waals surface area (Å²) >= 11 is 0. The van der Waals surface area contributed by atoms with Gasteiger partial charge < -0.3 is 36.4 Å². The van der Waals surface area contributed by atoms with E-state index < -0.39 is 53.7 Å². The Hall–Kier alpha value is -4.42. The molecule has 5 N–H and O–H groups in total. The van der Waals surface area contributed by atoms with Crippen LogP contribution in [0.3, 0.4) is 0 Å². The Morgan fingerprint density at radius 1 is 1.02 bits per heavy atom. The summed E-state index contributed by atoms with van der Waals surface area (Å²) in [4.78, 5) is 82.3. The van der Waals surface area contributed by atoms with Crippen LogP contribution in [0.2, 0.25) is 0 Å². The quantitative estimate of drug-likeness (QED) is 0.157. The number of ketones is 1. The fraction of sp³-hybridized carbons (Fsp3) is 0.611. The molecule has 2 heterocycles. The summed E-state index contributed by atoms with van der Waals surface area (Å²) < 4.78 is 0. The van der Waals surface area contributed by atoms with Crippen molar-refractivity contribution in [1.29, 1.82) is 0 Å². The van der Waals surface area contributed by atoms with E-state index in [4.69, 9.17) is 0 Å². The van der Waals surface area contributed by atoms with Crippen LogP contribution in [0.4, 0.5) is 9.59 Å². The number of hydrogen-bond acceptors (Lipinski definition) is 6. The van der Waals surface area contributed by atoms with Gasteiger partial charge in [0.2, 0.25) is 17.6 Å². The molecular formula is C36H53N7O6. The van der Waals surface area contributed by atoms with Gasteiger partial charge in [0.15, 0.2) is 0 Å². The minimum absolute atomic E-state index is 0.0464. The molecule has 13 nitrogen and oxygen atoms in total. The van der Waals surface area contributed by atoms with Gasteiger partial charge in [-0.15, -0.1) is 6.58 Å². The van der Waals surface area contributed by atoms with Gasteiger partial charge in [-0.1, -0.05) is 65.0 Å². The number of carbonyl (C=O) groups is 6. The van der Waals surface area contributed by atoms with Crippen LogP contribution in [-0.4, -0.2) is 103 Å². The Morgan fingerprint density at radius 2 is 1.69 bits per heavy atom. The molecule has 1 aromatic rings. The molecule has 1 aromatic carbocycles. The summed E-state index contributed by atoms with van der Waals surface area (Å²) in [7, 11) is 0. The number of hydrogen-bond donors (Lipinski definition) is 5. The number of benzene rings is 1. The molecule has 0 aromatic heterocycles. The van der Waals surface area contributed by atoms with Gasteiger partial charge in [-0.05, 0) is 60.0 Å². The number of carbonyl (C=O) groups excluding carboxylic acids is 6. The van der Waals surface area contributed by atoms with Crippen LogP contribution in [0, 0.1) is 23.2 Å². The van der Waals surface area contributed by atoms with E-state index in [9.17, 15) is 28.8 Å². The maximum Gasteiger partial charge on any atom is 0.317 e. The second kappa shape index (κ2) is 16.3. The number of rotatable bonds is 13. The normalized spacial score (nSPS) is 20.6. The maximum atomic E-state index is 14.6. The fourth-order valence-corrected chi connectivity index (χ4v) is 7.05. The van der Waals surface area contributed by atoms with Crippen molar-refractivity contribution >= 4 is 35.6 Å². The molecule has 2 aliphatic heterocycles. The van der Waals surface area contributed by atoms with Gasteiger partial charge in [0.1, 0.15) is 12.1 Å². The molecule has 268 valence electrons. The van der Waals surface area contributed by atoms with E-state index in [0.29, 0.717) is 45.4 Å². The topological polar surface area (TPSA) is 169 Å². The first-order valence-electron chi connectivity index (χ1n) is 17.4. The van der Waals surface area contributed by atoms with Crippen LogP contribution < -0.4 is 26.6 Å². The molecule has 4 rings (SSSR count). The van der Waals surface area contributed by atoms with Crippen molar-refractivity contribution in [2.45, 2.75) is 78.4 Å². The van der Waals surface area contributed by atoms with Crippen LogP contribution >= 0.6 is 0 Å². The summed E-state index contributed by atoms with van der Waals surface area (Å²) in [5, 5.41) is 13.9. The van der Waals surface area contributed by atoms with Gasteiger partial charge >= 0.3 is 12.1 Å². The van der Waals surface area contributed by atoms with Gasteiger partial charge in [-0.25, -0.2) is 9.59 Å². The molecule has 0 radical (unpaired) electrons.